The number of piperidine rings is 1. The predicted octanol–water partition coefficient (Wildman–Crippen LogP) is 3.09. The van der Waals surface area contributed by atoms with Crippen LogP contribution in [0.25, 0.3) is 0 Å². The molecule has 2 heterocycles. The maximum atomic E-state index is 12.9. The average Bonchev–Trinajstić information content (AvgIpc) is 3.05. The molecule has 128 valence electrons. The van der Waals surface area contributed by atoms with Crippen molar-refractivity contribution < 1.29 is 4.79 Å². The van der Waals surface area contributed by atoms with Crippen molar-refractivity contribution in [1.29, 1.82) is 0 Å². The zero-order valence-electron chi connectivity index (χ0n) is 14.7. The van der Waals surface area contributed by atoms with E-state index >= 15 is 0 Å². The molecule has 1 amide bonds. The highest BCUT2D eigenvalue weighted by molar-refractivity contribution is 6.04. The second kappa shape index (κ2) is 7.18. The monoisotopic (exact) mass is 326 g/mol. The topological polar surface area (TPSA) is 50.2 Å². The van der Waals surface area contributed by atoms with Gasteiger partial charge in [0, 0.05) is 25.0 Å². The van der Waals surface area contributed by atoms with Gasteiger partial charge in [0.15, 0.2) is 5.69 Å². The van der Waals surface area contributed by atoms with Crippen LogP contribution in [0.15, 0.2) is 30.5 Å². The van der Waals surface area contributed by atoms with Crippen molar-refractivity contribution in [3.8, 4) is 0 Å². The summed E-state index contributed by atoms with van der Waals surface area (Å²) in [7, 11) is 0. The molecule has 1 aliphatic heterocycles. The number of benzene rings is 1. The minimum absolute atomic E-state index is 0.0370. The molecule has 0 radical (unpaired) electrons. The van der Waals surface area contributed by atoms with Gasteiger partial charge >= 0.3 is 0 Å². The van der Waals surface area contributed by atoms with Gasteiger partial charge in [0.2, 0.25) is 0 Å². The summed E-state index contributed by atoms with van der Waals surface area (Å²) in [6.45, 7) is 8.72. The van der Waals surface area contributed by atoms with E-state index < -0.39 is 0 Å². The SMILES string of the molecule is CCN(C(=O)c1ccn(C2CCCNC2)n1)c1cc(C)cc(C)c1. The number of nitrogens with zero attached hydrogens (tertiary/aromatic N) is 3. The Balaban J connectivity index is 1.82. The second-order valence-corrected chi connectivity index (χ2v) is 6.58. The predicted molar refractivity (Wildman–Crippen MR) is 96.6 cm³/mol. The summed E-state index contributed by atoms with van der Waals surface area (Å²) in [4.78, 5) is 14.7. The van der Waals surface area contributed by atoms with E-state index in [0.717, 1.165) is 42.7 Å². The van der Waals surface area contributed by atoms with Gasteiger partial charge in [-0.05, 0) is 69.5 Å². The minimum Gasteiger partial charge on any atom is -0.315 e. The molecule has 1 fully saturated rings. The average molecular weight is 326 g/mol. The van der Waals surface area contributed by atoms with Crippen LogP contribution in [-0.2, 0) is 0 Å². The smallest absolute Gasteiger partial charge is 0.278 e. The van der Waals surface area contributed by atoms with Gasteiger partial charge in [0.05, 0.1) is 6.04 Å². The standard InChI is InChI=1S/C19H26N4O/c1-4-22(17-11-14(2)10-15(3)12-17)19(24)18-7-9-23(21-18)16-6-5-8-20-13-16/h7,9-12,16,20H,4-6,8,13H2,1-3H3. The van der Waals surface area contributed by atoms with E-state index in [4.69, 9.17) is 0 Å². The van der Waals surface area contributed by atoms with Gasteiger partial charge in [0.25, 0.3) is 5.91 Å². The van der Waals surface area contributed by atoms with Crippen molar-refractivity contribution >= 4 is 11.6 Å². The normalized spacial score (nSPS) is 17.7. The zero-order valence-corrected chi connectivity index (χ0v) is 14.7. The summed E-state index contributed by atoms with van der Waals surface area (Å²) in [6.07, 6.45) is 4.19. The summed E-state index contributed by atoms with van der Waals surface area (Å²) in [5.41, 5.74) is 3.78. The van der Waals surface area contributed by atoms with Crippen LogP contribution in [0.4, 0.5) is 5.69 Å². The Morgan fingerprint density at radius 1 is 1.33 bits per heavy atom. The Kier molecular flexibility index (Phi) is 5.00. The number of carbonyl (C=O) groups is 1. The molecule has 0 spiro atoms. The molecular formula is C19H26N4O. The fourth-order valence-corrected chi connectivity index (χ4v) is 3.40. The van der Waals surface area contributed by atoms with Gasteiger partial charge in [0.1, 0.15) is 0 Å². The first kappa shape index (κ1) is 16.7. The summed E-state index contributed by atoms with van der Waals surface area (Å²) in [6, 6.07) is 8.40. The Labute approximate surface area is 143 Å². The number of carbonyl (C=O) groups excluding carboxylic acids is 1. The quantitative estimate of drug-likeness (QED) is 0.939. The molecular weight excluding hydrogens is 300 g/mol. The minimum atomic E-state index is -0.0370. The number of anilines is 1. The Bertz CT molecular complexity index is 696. The number of aromatic nitrogens is 2. The molecule has 0 bridgehead atoms. The third-order valence-corrected chi connectivity index (χ3v) is 4.55. The third kappa shape index (κ3) is 3.51. The number of hydrogen-bond acceptors (Lipinski definition) is 3. The first-order valence-corrected chi connectivity index (χ1v) is 8.74. The molecule has 0 saturated carbocycles. The maximum absolute atomic E-state index is 12.9. The summed E-state index contributed by atoms with van der Waals surface area (Å²) >= 11 is 0. The largest absolute Gasteiger partial charge is 0.315 e. The molecule has 1 atom stereocenters. The molecule has 2 aromatic rings. The number of nitrogens with one attached hydrogen (secondary N) is 1. The highest BCUT2D eigenvalue weighted by Gasteiger charge is 2.21. The Morgan fingerprint density at radius 2 is 2.08 bits per heavy atom. The van der Waals surface area contributed by atoms with Crippen LogP contribution < -0.4 is 10.2 Å². The number of amides is 1. The van der Waals surface area contributed by atoms with Gasteiger partial charge < -0.3 is 10.2 Å². The lowest BCUT2D eigenvalue weighted by Crippen LogP contribution is -2.33. The van der Waals surface area contributed by atoms with Gasteiger partial charge in [-0.15, -0.1) is 0 Å². The van der Waals surface area contributed by atoms with Crippen LogP contribution in [-0.4, -0.2) is 35.3 Å². The van der Waals surface area contributed by atoms with Crippen LogP contribution in [0.2, 0.25) is 0 Å². The van der Waals surface area contributed by atoms with Gasteiger partial charge in [-0.1, -0.05) is 6.07 Å². The lowest BCUT2D eigenvalue weighted by Gasteiger charge is -2.23. The van der Waals surface area contributed by atoms with Crippen molar-refractivity contribution in [2.24, 2.45) is 0 Å². The summed E-state index contributed by atoms with van der Waals surface area (Å²) in [5.74, 6) is -0.0370. The number of rotatable bonds is 4. The lowest BCUT2D eigenvalue weighted by atomic mass is 10.1. The second-order valence-electron chi connectivity index (χ2n) is 6.58. The fraction of sp³-hybridized carbons (Fsp3) is 0.474. The van der Waals surface area contributed by atoms with E-state index in [9.17, 15) is 4.79 Å². The van der Waals surface area contributed by atoms with E-state index in [1.807, 2.05) is 23.9 Å². The van der Waals surface area contributed by atoms with Gasteiger partial charge in [-0.3, -0.25) is 9.48 Å². The van der Waals surface area contributed by atoms with Gasteiger partial charge in [-0.2, -0.15) is 5.10 Å². The first-order chi connectivity index (χ1) is 11.6. The molecule has 0 aliphatic carbocycles. The molecule has 1 saturated heterocycles. The van der Waals surface area contributed by atoms with Crippen molar-refractivity contribution in [3.63, 3.8) is 0 Å². The van der Waals surface area contributed by atoms with Crippen molar-refractivity contribution in [2.75, 3.05) is 24.5 Å². The van der Waals surface area contributed by atoms with Crippen LogP contribution in [0.1, 0.15) is 47.4 Å². The molecule has 5 heteroatoms. The lowest BCUT2D eigenvalue weighted by molar-refractivity contribution is 0.0982. The van der Waals surface area contributed by atoms with E-state index in [0.29, 0.717) is 18.3 Å². The van der Waals surface area contributed by atoms with Crippen LogP contribution in [0, 0.1) is 13.8 Å². The maximum Gasteiger partial charge on any atom is 0.278 e. The highest BCUT2D eigenvalue weighted by Crippen LogP contribution is 2.21. The molecule has 1 N–H and O–H groups in total. The van der Waals surface area contributed by atoms with E-state index in [-0.39, 0.29) is 5.91 Å². The molecule has 3 rings (SSSR count). The summed E-state index contributed by atoms with van der Waals surface area (Å²) < 4.78 is 1.94. The Morgan fingerprint density at radius 3 is 2.71 bits per heavy atom. The fourth-order valence-electron chi connectivity index (χ4n) is 3.40. The molecule has 1 aromatic heterocycles. The van der Waals surface area contributed by atoms with E-state index in [1.54, 1.807) is 4.90 Å². The third-order valence-electron chi connectivity index (χ3n) is 4.55. The first-order valence-electron chi connectivity index (χ1n) is 8.74. The van der Waals surface area contributed by atoms with Crippen LogP contribution >= 0.6 is 0 Å². The van der Waals surface area contributed by atoms with E-state index in [2.05, 4.69) is 42.5 Å². The molecule has 5 nitrogen and oxygen atoms in total. The van der Waals surface area contributed by atoms with Gasteiger partial charge in [-0.25, -0.2) is 0 Å². The van der Waals surface area contributed by atoms with Crippen LogP contribution in [0.5, 0.6) is 0 Å². The highest BCUT2D eigenvalue weighted by atomic mass is 16.2. The Hall–Kier alpha value is -2.14. The molecule has 24 heavy (non-hydrogen) atoms. The van der Waals surface area contributed by atoms with Crippen LogP contribution in [0.3, 0.4) is 0 Å². The molecule has 1 aromatic carbocycles. The number of aryl methyl sites for hydroxylation is 2. The molecule has 1 aliphatic rings. The van der Waals surface area contributed by atoms with Crippen molar-refractivity contribution in [3.05, 3.63) is 47.3 Å². The summed E-state index contributed by atoms with van der Waals surface area (Å²) in [5, 5.41) is 7.95. The molecule has 1 unspecified atom stereocenters. The van der Waals surface area contributed by atoms with Crippen molar-refractivity contribution in [2.45, 2.75) is 39.7 Å². The zero-order chi connectivity index (χ0) is 17.1. The van der Waals surface area contributed by atoms with Crippen molar-refractivity contribution in [1.82, 2.24) is 15.1 Å². The number of hydrogen-bond donors (Lipinski definition) is 1. The van der Waals surface area contributed by atoms with E-state index in [1.165, 1.54) is 0 Å².